The van der Waals surface area contributed by atoms with Gasteiger partial charge in [0.2, 0.25) is 5.91 Å². The Morgan fingerprint density at radius 1 is 1.00 bits per heavy atom. The largest absolute Gasteiger partial charge is 0.480 e. The lowest BCUT2D eigenvalue weighted by molar-refractivity contribution is -0.135. The number of benzene rings is 2. The normalized spacial score (nSPS) is 10.4. The van der Waals surface area contributed by atoms with Crippen molar-refractivity contribution in [3.63, 3.8) is 0 Å². The van der Waals surface area contributed by atoms with Gasteiger partial charge in [-0.05, 0) is 48.4 Å². The molecule has 0 aliphatic carbocycles. The molecule has 0 spiro atoms. The average Bonchev–Trinajstić information content (AvgIpc) is 3.19. The van der Waals surface area contributed by atoms with Gasteiger partial charge in [0.1, 0.15) is 6.54 Å². The second-order valence-electron chi connectivity index (χ2n) is 6.70. The van der Waals surface area contributed by atoms with Crippen LogP contribution in [0.15, 0.2) is 53.9 Å². The summed E-state index contributed by atoms with van der Waals surface area (Å²) in [6.07, 6.45) is 1.10. The van der Waals surface area contributed by atoms with Gasteiger partial charge in [0.05, 0.1) is 12.1 Å². The zero-order valence-electron chi connectivity index (χ0n) is 16.8. The molecule has 9 heteroatoms. The highest BCUT2D eigenvalue weighted by Gasteiger charge is 2.10. The molecule has 4 N–H and O–H groups in total. The Morgan fingerprint density at radius 3 is 2.32 bits per heavy atom. The molecule has 0 saturated carbocycles. The molecule has 2 aromatic carbocycles. The van der Waals surface area contributed by atoms with Gasteiger partial charge >= 0.3 is 5.97 Å². The van der Waals surface area contributed by atoms with Crippen LogP contribution < -0.4 is 16.0 Å². The van der Waals surface area contributed by atoms with E-state index in [0.717, 1.165) is 12.1 Å². The number of nitrogens with one attached hydrogen (secondary N) is 3. The first-order valence-electron chi connectivity index (χ1n) is 9.63. The van der Waals surface area contributed by atoms with Crippen LogP contribution in [0.5, 0.6) is 0 Å². The van der Waals surface area contributed by atoms with Gasteiger partial charge in [-0.1, -0.05) is 19.1 Å². The lowest BCUT2D eigenvalue weighted by atomic mass is 10.1. The topological polar surface area (TPSA) is 120 Å². The number of carbonyl (C=O) groups is 3. The quantitative estimate of drug-likeness (QED) is 0.406. The summed E-state index contributed by atoms with van der Waals surface area (Å²) in [6, 6.07) is 14.3. The van der Waals surface area contributed by atoms with Crippen LogP contribution in [0.25, 0.3) is 0 Å². The molecule has 0 radical (unpaired) electrons. The van der Waals surface area contributed by atoms with Crippen LogP contribution >= 0.6 is 11.3 Å². The number of aromatic nitrogens is 1. The molecule has 3 rings (SSSR count). The number of hydrogen-bond acceptors (Lipinski definition) is 6. The summed E-state index contributed by atoms with van der Waals surface area (Å²) in [5, 5.41) is 19.4. The molecule has 0 unspecified atom stereocenters. The highest BCUT2D eigenvalue weighted by molar-refractivity contribution is 7.13. The molecular formula is C22H22N4O4S. The van der Waals surface area contributed by atoms with E-state index in [1.54, 1.807) is 12.1 Å². The summed E-state index contributed by atoms with van der Waals surface area (Å²) in [7, 11) is 0. The highest BCUT2D eigenvalue weighted by Crippen LogP contribution is 2.22. The van der Waals surface area contributed by atoms with Crippen molar-refractivity contribution in [1.29, 1.82) is 0 Å². The van der Waals surface area contributed by atoms with Crippen molar-refractivity contribution < 1.29 is 19.5 Å². The fraction of sp³-hybridized carbons (Fsp3) is 0.182. The van der Waals surface area contributed by atoms with Crippen molar-refractivity contribution in [1.82, 2.24) is 10.3 Å². The molecule has 3 aromatic rings. The first-order valence-corrected chi connectivity index (χ1v) is 10.5. The van der Waals surface area contributed by atoms with Gasteiger partial charge in [-0.15, -0.1) is 11.3 Å². The predicted octanol–water partition coefficient (Wildman–Crippen LogP) is 3.44. The molecular weight excluding hydrogens is 416 g/mol. The third kappa shape index (κ3) is 6.65. The zero-order valence-corrected chi connectivity index (χ0v) is 17.7. The number of carboxylic acid groups (broad SMARTS) is 1. The van der Waals surface area contributed by atoms with E-state index in [1.165, 1.54) is 29.0 Å². The number of nitrogens with zero attached hydrogens (tertiary/aromatic N) is 1. The third-order valence-corrected chi connectivity index (χ3v) is 5.14. The Bertz CT molecular complexity index is 1060. The monoisotopic (exact) mass is 438 g/mol. The zero-order chi connectivity index (χ0) is 22.2. The molecule has 0 aliphatic rings. The summed E-state index contributed by atoms with van der Waals surface area (Å²) in [5.74, 6) is -1.84. The minimum absolute atomic E-state index is 0.119. The molecule has 2 amide bonds. The second kappa shape index (κ2) is 10.4. The van der Waals surface area contributed by atoms with Crippen molar-refractivity contribution in [3.8, 4) is 0 Å². The molecule has 8 nitrogen and oxygen atoms in total. The predicted molar refractivity (Wildman–Crippen MR) is 120 cm³/mol. The van der Waals surface area contributed by atoms with E-state index in [4.69, 9.17) is 5.11 Å². The number of carbonyl (C=O) groups excluding carboxylic acids is 2. The summed E-state index contributed by atoms with van der Waals surface area (Å²) in [4.78, 5) is 39.1. The van der Waals surface area contributed by atoms with Crippen LogP contribution in [0.3, 0.4) is 0 Å². The van der Waals surface area contributed by atoms with Crippen LogP contribution in [-0.2, 0) is 22.4 Å². The molecule has 0 fully saturated rings. The summed E-state index contributed by atoms with van der Waals surface area (Å²) >= 11 is 1.43. The van der Waals surface area contributed by atoms with Gasteiger partial charge in [-0.3, -0.25) is 14.4 Å². The van der Waals surface area contributed by atoms with Crippen LogP contribution in [0.4, 0.5) is 16.5 Å². The number of anilines is 3. The summed E-state index contributed by atoms with van der Waals surface area (Å²) in [5.41, 5.74) is 3.69. The van der Waals surface area contributed by atoms with Gasteiger partial charge in [-0.25, -0.2) is 4.98 Å². The Kier molecular flexibility index (Phi) is 7.34. The molecule has 0 bridgehead atoms. The van der Waals surface area contributed by atoms with Crippen LogP contribution in [0.1, 0.15) is 28.5 Å². The molecule has 0 aliphatic heterocycles. The summed E-state index contributed by atoms with van der Waals surface area (Å²) in [6.45, 7) is 1.65. The second-order valence-corrected chi connectivity index (χ2v) is 7.56. The fourth-order valence-corrected chi connectivity index (χ4v) is 3.46. The molecule has 160 valence electrons. The third-order valence-electron chi connectivity index (χ3n) is 4.34. The van der Waals surface area contributed by atoms with E-state index >= 15 is 0 Å². The first-order chi connectivity index (χ1) is 14.9. The van der Waals surface area contributed by atoms with Gasteiger partial charge < -0.3 is 21.1 Å². The van der Waals surface area contributed by atoms with Crippen LogP contribution in [0, 0.1) is 0 Å². The van der Waals surface area contributed by atoms with E-state index in [9.17, 15) is 14.4 Å². The van der Waals surface area contributed by atoms with Crippen LogP contribution in [-0.4, -0.2) is 34.4 Å². The van der Waals surface area contributed by atoms with E-state index in [2.05, 4.69) is 40.0 Å². The lowest BCUT2D eigenvalue weighted by Crippen LogP contribution is -2.29. The van der Waals surface area contributed by atoms with E-state index < -0.39 is 18.4 Å². The maximum Gasteiger partial charge on any atom is 0.322 e. The maximum atomic E-state index is 12.3. The van der Waals surface area contributed by atoms with Gasteiger partial charge in [-0.2, -0.15) is 0 Å². The number of rotatable bonds is 9. The molecule has 0 saturated heterocycles. The standard InChI is InChI=1S/C22H22N4O4S/c1-2-14-3-7-17(8-4-14)25-22-26-18(13-31-22)11-19(27)24-16-9-5-15(6-10-16)21(30)23-12-20(28)29/h3-10,13H,2,11-12H2,1H3,(H,23,30)(H,24,27)(H,25,26)(H,28,29). The van der Waals surface area contributed by atoms with Crippen molar-refractivity contribution in [2.45, 2.75) is 19.8 Å². The number of amides is 2. The molecule has 1 aromatic heterocycles. The van der Waals surface area contributed by atoms with Crippen molar-refractivity contribution in [2.24, 2.45) is 0 Å². The highest BCUT2D eigenvalue weighted by atomic mass is 32.1. The minimum atomic E-state index is -1.12. The first kappa shape index (κ1) is 22.0. The SMILES string of the molecule is CCc1ccc(Nc2nc(CC(=O)Nc3ccc(C(=O)NCC(=O)O)cc3)cs2)cc1. The van der Waals surface area contributed by atoms with E-state index in [-0.39, 0.29) is 12.3 Å². The van der Waals surface area contributed by atoms with E-state index in [1.807, 2.05) is 17.5 Å². The van der Waals surface area contributed by atoms with Gasteiger partial charge in [0.25, 0.3) is 5.91 Å². The Labute approximate surface area is 183 Å². The maximum absolute atomic E-state index is 12.3. The van der Waals surface area contributed by atoms with Crippen molar-refractivity contribution in [2.75, 3.05) is 17.2 Å². The molecule has 1 heterocycles. The fourth-order valence-electron chi connectivity index (χ4n) is 2.73. The Balaban J connectivity index is 1.51. The Hall–Kier alpha value is -3.72. The average molecular weight is 439 g/mol. The molecule has 0 atom stereocenters. The van der Waals surface area contributed by atoms with Crippen molar-refractivity contribution in [3.05, 3.63) is 70.7 Å². The van der Waals surface area contributed by atoms with E-state index in [0.29, 0.717) is 22.1 Å². The summed E-state index contributed by atoms with van der Waals surface area (Å²) < 4.78 is 0. The molecule has 31 heavy (non-hydrogen) atoms. The number of carboxylic acids is 1. The van der Waals surface area contributed by atoms with Gasteiger partial charge in [0.15, 0.2) is 5.13 Å². The minimum Gasteiger partial charge on any atom is -0.480 e. The smallest absolute Gasteiger partial charge is 0.322 e. The number of thiazole rings is 1. The number of aliphatic carboxylic acids is 1. The van der Waals surface area contributed by atoms with Crippen molar-refractivity contribution >= 4 is 45.6 Å². The van der Waals surface area contributed by atoms with Gasteiger partial charge in [0, 0.05) is 22.3 Å². The number of hydrogen-bond donors (Lipinski definition) is 4. The lowest BCUT2D eigenvalue weighted by Gasteiger charge is -2.06. The Morgan fingerprint density at radius 2 is 1.68 bits per heavy atom. The van der Waals surface area contributed by atoms with Crippen LogP contribution in [0.2, 0.25) is 0 Å². The number of aryl methyl sites for hydroxylation is 1.